The first-order chi connectivity index (χ1) is 9.08. The monoisotopic (exact) mass is 267 g/mol. The number of rotatable bonds is 7. The number of hydrogen-bond acceptors (Lipinski definition) is 6. The van der Waals surface area contributed by atoms with Gasteiger partial charge in [-0.2, -0.15) is 4.98 Å². The molecule has 0 aliphatic carbocycles. The highest BCUT2D eigenvalue weighted by Crippen LogP contribution is 2.13. The fraction of sp³-hybridized carbons (Fsp3) is 0.615. The first kappa shape index (κ1) is 15.2. The lowest BCUT2D eigenvalue weighted by Crippen LogP contribution is -2.36. The Morgan fingerprint density at radius 3 is 2.79 bits per heavy atom. The van der Waals surface area contributed by atoms with Crippen LogP contribution in [0.15, 0.2) is 12.3 Å². The smallest absolute Gasteiger partial charge is 0.328 e. The molecule has 0 aromatic carbocycles. The van der Waals surface area contributed by atoms with Crippen LogP contribution >= 0.6 is 0 Å². The van der Waals surface area contributed by atoms with E-state index in [1.165, 1.54) is 7.11 Å². The van der Waals surface area contributed by atoms with Gasteiger partial charge in [-0.3, -0.25) is 0 Å². The van der Waals surface area contributed by atoms with Crippen molar-refractivity contribution in [2.75, 3.05) is 19.0 Å². The number of carbonyl (C=O) groups is 1. The molecular weight excluding hydrogens is 246 g/mol. The average molecular weight is 267 g/mol. The van der Waals surface area contributed by atoms with Gasteiger partial charge in [0, 0.05) is 12.3 Å². The van der Waals surface area contributed by atoms with Gasteiger partial charge >= 0.3 is 5.97 Å². The number of ether oxygens (including phenoxy) is 2. The summed E-state index contributed by atoms with van der Waals surface area (Å²) in [6.07, 6.45) is 2.50. The van der Waals surface area contributed by atoms with Gasteiger partial charge in [0.25, 0.3) is 0 Å². The van der Waals surface area contributed by atoms with Gasteiger partial charge in [-0.15, -0.1) is 0 Å². The van der Waals surface area contributed by atoms with Gasteiger partial charge in [-0.25, -0.2) is 9.78 Å². The van der Waals surface area contributed by atoms with Crippen LogP contribution in [0, 0.1) is 5.92 Å². The van der Waals surface area contributed by atoms with E-state index in [4.69, 9.17) is 9.47 Å². The zero-order valence-electron chi connectivity index (χ0n) is 11.8. The van der Waals surface area contributed by atoms with Crippen molar-refractivity contribution in [3.8, 4) is 5.88 Å². The van der Waals surface area contributed by atoms with Crippen LogP contribution in [0.2, 0.25) is 0 Å². The molecule has 0 amide bonds. The van der Waals surface area contributed by atoms with E-state index < -0.39 is 6.04 Å². The fourth-order valence-corrected chi connectivity index (χ4v) is 1.46. The molecule has 106 valence electrons. The van der Waals surface area contributed by atoms with E-state index in [0.717, 1.165) is 6.42 Å². The lowest BCUT2D eigenvalue weighted by atomic mass is 10.1. The van der Waals surface area contributed by atoms with E-state index in [0.29, 0.717) is 18.4 Å². The highest BCUT2D eigenvalue weighted by atomic mass is 16.5. The molecule has 0 saturated heterocycles. The maximum atomic E-state index is 11.6. The summed E-state index contributed by atoms with van der Waals surface area (Å²) in [5, 5.41) is 2.97. The standard InChI is InChI=1S/C13H21N3O3/c1-5-8-19-10-6-7-14-13(15-10)16-11(9(2)3)12(17)18-4/h6-7,9,11H,5,8H2,1-4H3,(H,14,15,16). The van der Waals surface area contributed by atoms with E-state index in [9.17, 15) is 4.79 Å². The van der Waals surface area contributed by atoms with E-state index in [1.54, 1.807) is 12.3 Å². The Morgan fingerprint density at radius 2 is 2.21 bits per heavy atom. The molecule has 1 rings (SSSR count). The van der Waals surface area contributed by atoms with Crippen LogP contribution < -0.4 is 10.1 Å². The quantitative estimate of drug-likeness (QED) is 0.760. The van der Waals surface area contributed by atoms with E-state index >= 15 is 0 Å². The highest BCUT2D eigenvalue weighted by molar-refractivity contribution is 5.78. The minimum Gasteiger partial charge on any atom is -0.478 e. The van der Waals surface area contributed by atoms with Crippen molar-refractivity contribution < 1.29 is 14.3 Å². The summed E-state index contributed by atoms with van der Waals surface area (Å²) in [5.74, 6) is 0.583. The first-order valence-electron chi connectivity index (χ1n) is 6.38. The normalized spacial score (nSPS) is 12.1. The van der Waals surface area contributed by atoms with Gasteiger partial charge in [0.2, 0.25) is 11.8 Å². The molecule has 6 nitrogen and oxygen atoms in total. The molecule has 1 N–H and O–H groups in total. The number of methoxy groups -OCH3 is 1. The zero-order chi connectivity index (χ0) is 14.3. The average Bonchev–Trinajstić information content (AvgIpc) is 2.42. The molecule has 1 atom stereocenters. The van der Waals surface area contributed by atoms with Crippen molar-refractivity contribution in [2.45, 2.75) is 33.2 Å². The second-order valence-electron chi connectivity index (χ2n) is 4.46. The molecule has 0 aliphatic rings. The number of nitrogens with zero attached hydrogens (tertiary/aromatic N) is 2. The van der Waals surface area contributed by atoms with Crippen LogP contribution in [-0.4, -0.2) is 35.7 Å². The summed E-state index contributed by atoms with van der Waals surface area (Å²) in [6, 6.07) is 1.20. The molecular formula is C13H21N3O3. The minimum atomic E-state index is -0.480. The van der Waals surface area contributed by atoms with Gasteiger partial charge in [0.1, 0.15) is 6.04 Å². The summed E-state index contributed by atoms with van der Waals surface area (Å²) in [5.41, 5.74) is 0. The molecule has 19 heavy (non-hydrogen) atoms. The second-order valence-corrected chi connectivity index (χ2v) is 4.46. The molecule has 1 aromatic rings. The van der Waals surface area contributed by atoms with Crippen LogP contribution in [0.3, 0.4) is 0 Å². The third-order valence-corrected chi connectivity index (χ3v) is 2.49. The summed E-state index contributed by atoms with van der Waals surface area (Å²) < 4.78 is 10.2. The van der Waals surface area contributed by atoms with Crippen molar-refractivity contribution in [3.05, 3.63) is 12.3 Å². The van der Waals surface area contributed by atoms with Crippen LogP contribution in [-0.2, 0) is 9.53 Å². The van der Waals surface area contributed by atoms with Crippen LogP contribution in [0.5, 0.6) is 5.88 Å². The van der Waals surface area contributed by atoms with Gasteiger partial charge in [-0.05, 0) is 12.3 Å². The van der Waals surface area contributed by atoms with Crippen molar-refractivity contribution in [3.63, 3.8) is 0 Å². The zero-order valence-corrected chi connectivity index (χ0v) is 11.8. The Hall–Kier alpha value is -1.85. The topological polar surface area (TPSA) is 73.3 Å². The molecule has 0 spiro atoms. The third kappa shape index (κ3) is 4.73. The molecule has 0 saturated carbocycles. The van der Waals surface area contributed by atoms with E-state index in [-0.39, 0.29) is 11.9 Å². The Balaban J connectivity index is 2.76. The lowest BCUT2D eigenvalue weighted by Gasteiger charge is -2.19. The fourth-order valence-electron chi connectivity index (χ4n) is 1.46. The largest absolute Gasteiger partial charge is 0.478 e. The van der Waals surface area contributed by atoms with Gasteiger partial charge < -0.3 is 14.8 Å². The first-order valence-corrected chi connectivity index (χ1v) is 6.38. The number of hydrogen-bond donors (Lipinski definition) is 1. The Morgan fingerprint density at radius 1 is 1.47 bits per heavy atom. The molecule has 6 heteroatoms. The van der Waals surface area contributed by atoms with Crippen molar-refractivity contribution >= 4 is 11.9 Å². The number of aromatic nitrogens is 2. The molecule has 1 unspecified atom stereocenters. The minimum absolute atomic E-state index is 0.0660. The predicted molar refractivity (Wildman–Crippen MR) is 72.1 cm³/mol. The van der Waals surface area contributed by atoms with Crippen molar-refractivity contribution in [2.24, 2.45) is 5.92 Å². The maximum absolute atomic E-state index is 11.6. The molecule has 0 bridgehead atoms. The summed E-state index contributed by atoms with van der Waals surface area (Å²) in [7, 11) is 1.36. The predicted octanol–water partition coefficient (Wildman–Crippen LogP) is 1.87. The lowest BCUT2D eigenvalue weighted by molar-refractivity contribution is -0.142. The number of esters is 1. The van der Waals surface area contributed by atoms with E-state index in [1.807, 2.05) is 20.8 Å². The number of anilines is 1. The molecule has 1 heterocycles. The van der Waals surface area contributed by atoms with Gasteiger partial charge in [0.15, 0.2) is 0 Å². The molecule has 0 fully saturated rings. The Labute approximate surface area is 113 Å². The Kier molecular flexibility index (Phi) is 6.05. The van der Waals surface area contributed by atoms with E-state index in [2.05, 4.69) is 15.3 Å². The second kappa shape index (κ2) is 7.56. The summed E-state index contributed by atoms with van der Waals surface area (Å²) >= 11 is 0. The van der Waals surface area contributed by atoms with Gasteiger partial charge in [-0.1, -0.05) is 20.8 Å². The number of carbonyl (C=O) groups excluding carboxylic acids is 1. The maximum Gasteiger partial charge on any atom is 0.328 e. The molecule has 1 aromatic heterocycles. The summed E-state index contributed by atoms with van der Waals surface area (Å²) in [4.78, 5) is 19.9. The third-order valence-electron chi connectivity index (χ3n) is 2.49. The van der Waals surface area contributed by atoms with Crippen LogP contribution in [0.25, 0.3) is 0 Å². The van der Waals surface area contributed by atoms with Crippen LogP contribution in [0.1, 0.15) is 27.2 Å². The summed E-state index contributed by atoms with van der Waals surface area (Å²) in [6.45, 7) is 6.46. The molecule has 0 aliphatic heterocycles. The van der Waals surface area contributed by atoms with Crippen molar-refractivity contribution in [1.82, 2.24) is 9.97 Å². The Bertz CT molecular complexity index is 410. The molecule has 0 radical (unpaired) electrons. The van der Waals surface area contributed by atoms with Gasteiger partial charge in [0.05, 0.1) is 13.7 Å². The highest BCUT2D eigenvalue weighted by Gasteiger charge is 2.23. The SMILES string of the molecule is CCCOc1ccnc(NC(C(=O)OC)C(C)C)n1. The van der Waals surface area contributed by atoms with Crippen molar-refractivity contribution in [1.29, 1.82) is 0 Å². The number of nitrogens with one attached hydrogen (secondary N) is 1. The van der Waals surface area contributed by atoms with Crippen LogP contribution in [0.4, 0.5) is 5.95 Å².